The largest absolute Gasteiger partial charge is 0.496 e. The first-order valence-electron chi connectivity index (χ1n) is 5.10. The molecule has 0 saturated heterocycles. The van der Waals surface area contributed by atoms with Crippen LogP contribution in [0.4, 0.5) is 4.79 Å². The quantitative estimate of drug-likeness (QED) is 0.783. The van der Waals surface area contributed by atoms with Gasteiger partial charge in [0.15, 0.2) is 0 Å². The average Bonchev–Trinajstić information content (AvgIpc) is 2.35. The lowest BCUT2D eigenvalue weighted by Gasteiger charge is -2.16. The fourth-order valence-electron chi connectivity index (χ4n) is 1.44. The molecule has 0 heterocycles. The van der Waals surface area contributed by atoms with Crippen LogP contribution in [-0.4, -0.2) is 38.8 Å². The molecule has 0 aliphatic rings. The van der Waals surface area contributed by atoms with Crippen molar-refractivity contribution in [2.45, 2.75) is 6.42 Å². The minimum atomic E-state index is -0.324. The molecule has 0 saturated carbocycles. The van der Waals surface area contributed by atoms with Gasteiger partial charge in [-0.15, -0.1) is 0 Å². The Hall–Kier alpha value is -1.71. The normalized spacial score (nSPS) is 9.69. The number of ether oxygens (including phenoxy) is 2. The minimum Gasteiger partial charge on any atom is -0.496 e. The number of rotatable bonds is 4. The van der Waals surface area contributed by atoms with Crippen LogP contribution in [0.25, 0.3) is 0 Å². The predicted octanol–water partition coefficient (Wildman–Crippen LogP) is 1.94. The summed E-state index contributed by atoms with van der Waals surface area (Å²) >= 11 is 0. The molecular formula is C12H17NO3. The second kappa shape index (κ2) is 6.00. The topological polar surface area (TPSA) is 38.8 Å². The maximum absolute atomic E-state index is 11.2. The Balaban J connectivity index is 2.57. The molecule has 0 atom stereocenters. The van der Waals surface area contributed by atoms with Crippen LogP contribution < -0.4 is 4.74 Å². The second-order valence-corrected chi connectivity index (χ2v) is 3.45. The number of amides is 1. The van der Waals surface area contributed by atoms with Crippen molar-refractivity contribution < 1.29 is 14.3 Å². The molecule has 0 aliphatic carbocycles. The molecule has 0 bridgehead atoms. The molecule has 1 amide bonds. The molecule has 1 aromatic rings. The van der Waals surface area contributed by atoms with Crippen molar-refractivity contribution in [1.82, 2.24) is 4.90 Å². The molecule has 0 unspecified atom stereocenters. The number of benzene rings is 1. The van der Waals surface area contributed by atoms with Gasteiger partial charge in [0.2, 0.25) is 0 Å². The number of hydrogen-bond acceptors (Lipinski definition) is 3. The predicted molar refractivity (Wildman–Crippen MR) is 61.7 cm³/mol. The number of carbonyl (C=O) groups excluding carboxylic acids is 1. The average molecular weight is 223 g/mol. The zero-order valence-electron chi connectivity index (χ0n) is 9.90. The summed E-state index contributed by atoms with van der Waals surface area (Å²) < 4.78 is 9.84. The summed E-state index contributed by atoms with van der Waals surface area (Å²) in [7, 11) is 4.73. The van der Waals surface area contributed by atoms with Gasteiger partial charge in [0.05, 0.1) is 14.2 Å². The highest BCUT2D eigenvalue weighted by Crippen LogP contribution is 2.17. The van der Waals surface area contributed by atoms with Crippen LogP contribution in [0.15, 0.2) is 24.3 Å². The zero-order chi connectivity index (χ0) is 12.0. The van der Waals surface area contributed by atoms with E-state index in [1.54, 1.807) is 14.2 Å². The highest BCUT2D eigenvalue weighted by atomic mass is 16.5. The Kier molecular flexibility index (Phi) is 4.64. The first kappa shape index (κ1) is 12.4. The Morgan fingerprint density at radius 2 is 2.00 bits per heavy atom. The molecule has 4 nitrogen and oxygen atoms in total. The minimum absolute atomic E-state index is 0.324. The van der Waals surface area contributed by atoms with E-state index in [0.717, 1.165) is 17.7 Å². The van der Waals surface area contributed by atoms with Crippen molar-refractivity contribution in [3.8, 4) is 5.75 Å². The van der Waals surface area contributed by atoms with E-state index < -0.39 is 0 Å². The Labute approximate surface area is 95.8 Å². The summed E-state index contributed by atoms with van der Waals surface area (Å²) in [5.74, 6) is 0.848. The van der Waals surface area contributed by atoms with Crippen molar-refractivity contribution in [3.63, 3.8) is 0 Å². The maximum Gasteiger partial charge on any atom is 0.409 e. The fourth-order valence-corrected chi connectivity index (χ4v) is 1.44. The van der Waals surface area contributed by atoms with Crippen molar-refractivity contribution in [1.29, 1.82) is 0 Å². The molecule has 0 fully saturated rings. The molecule has 1 aromatic carbocycles. The standard InChI is InChI=1S/C12H17NO3/c1-13(12(14)16-3)9-8-10-6-4-5-7-11(10)15-2/h4-7H,8-9H2,1-3H3. The van der Waals surface area contributed by atoms with Crippen LogP contribution in [0.1, 0.15) is 5.56 Å². The Morgan fingerprint density at radius 1 is 1.31 bits per heavy atom. The van der Waals surface area contributed by atoms with Gasteiger partial charge in [-0.2, -0.15) is 0 Å². The highest BCUT2D eigenvalue weighted by Gasteiger charge is 2.09. The van der Waals surface area contributed by atoms with E-state index in [1.165, 1.54) is 12.0 Å². The van der Waals surface area contributed by atoms with Crippen LogP contribution in [0.3, 0.4) is 0 Å². The third-order valence-corrected chi connectivity index (χ3v) is 2.40. The van der Waals surface area contributed by atoms with Gasteiger partial charge in [0, 0.05) is 13.6 Å². The van der Waals surface area contributed by atoms with Crippen LogP contribution in [0.2, 0.25) is 0 Å². The maximum atomic E-state index is 11.2. The first-order chi connectivity index (χ1) is 7.69. The van der Waals surface area contributed by atoms with Gasteiger partial charge in [-0.1, -0.05) is 18.2 Å². The Bertz CT molecular complexity index is 352. The van der Waals surface area contributed by atoms with Crippen molar-refractivity contribution >= 4 is 6.09 Å². The molecule has 4 heteroatoms. The number of methoxy groups -OCH3 is 2. The van der Waals surface area contributed by atoms with E-state index >= 15 is 0 Å². The highest BCUT2D eigenvalue weighted by molar-refractivity contribution is 5.66. The number of para-hydroxylation sites is 1. The molecule has 0 aromatic heterocycles. The van der Waals surface area contributed by atoms with Gasteiger partial charge < -0.3 is 14.4 Å². The molecule has 0 radical (unpaired) electrons. The van der Waals surface area contributed by atoms with Gasteiger partial charge in [-0.3, -0.25) is 0 Å². The van der Waals surface area contributed by atoms with Crippen LogP contribution >= 0.6 is 0 Å². The molecule has 0 spiro atoms. The smallest absolute Gasteiger partial charge is 0.409 e. The van der Waals surface area contributed by atoms with E-state index in [2.05, 4.69) is 4.74 Å². The lowest BCUT2D eigenvalue weighted by Crippen LogP contribution is -2.28. The summed E-state index contributed by atoms with van der Waals surface area (Å²) in [6.45, 7) is 0.604. The molecule has 88 valence electrons. The van der Waals surface area contributed by atoms with Gasteiger partial charge in [-0.25, -0.2) is 4.79 Å². The van der Waals surface area contributed by atoms with Crippen molar-refractivity contribution in [2.75, 3.05) is 27.8 Å². The van der Waals surface area contributed by atoms with E-state index in [-0.39, 0.29) is 6.09 Å². The van der Waals surface area contributed by atoms with Gasteiger partial charge in [0.1, 0.15) is 5.75 Å². The lowest BCUT2D eigenvalue weighted by molar-refractivity contribution is 0.134. The summed E-state index contributed by atoms with van der Waals surface area (Å²) in [4.78, 5) is 12.7. The zero-order valence-corrected chi connectivity index (χ0v) is 9.90. The Morgan fingerprint density at radius 3 is 2.62 bits per heavy atom. The molecular weight excluding hydrogens is 206 g/mol. The van der Waals surface area contributed by atoms with Gasteiger partial charge >= 0.3 is 6.09 Å². The SMILES string of the molecule is COC(=O)N(C)CCc1ccccc1OC. The lowest BCUT2D eigenvalue weighted by atomic mass is 10.1. The molecule has 0 N–H and O–H groups in total. The summed E-state index contributed by atoms with van der Waals surface area (Å²) in [5, 5.41) is 0. The third-order valence-electron chi connectivity index (χ3n) is 2.40. The molecule has 1 rings (SSSR count). The summed E-state index contributed by atoms with van der Waals surface area (Å²) in [6, 6.07) is 7.78. The van der Waals surface area contributed by atoms with Gasteiger partial charge in [0.25, 0.3) is 0 Å². The van der Waals surface area contributed by atoms with Crippen LogP contribution in [0, 0.1) is 0 Å². The van der Waals surface area contributed by atoms with Crippen LogP contribution in [0.5, 0.6) is 5.75 Å². The number of carbonyl (C=O) groups is 1. The van der Waals surface area contributed by atoms with E-state index in [4.69, 9.17) is 4.74 Å². The summed E-state index contributed by atoms with van der Waals surface area (Å²) in [6.07, 6.45) is 0.421. The van der Waals surface area contributed by atoms with Crippen LogP contribution in [-0.2, 0) is 11.2 Å². The number of hydrogen-bond donors (Lipinski definition) is 0. The monoisotopic (exact) mass is 223 g/mol. The molecule has 16 heavy (non-hydrogen) atoms. The summed E-state index contributed by atoms with van der Waals surface area (Å²) in [5.41, 5.74) is 1.08. The molecule has 0 aliphatic heterocycles. The fraction of sp³-hybridized carbons (Fsp3) is 0.417. The van der Waals surface area contributed by atoms with E-state index in [0.29, 0.717) is 6.54 Å². The first-order valence-corrected chi connectivity index (χ1v) is 5.10. The number of nitrogens with zero attached hydrogens (tertiary/aromatic N) is 1. The van der Waals surface area contributed by atoms with Crippen molar-refractivity contribution in [3.05, 3.63) is 29.8 Å². The second-order valence-electron chi connectivity index (χ2n) is 3.45. The van der Waals surface area contributed by atoms with E-state index in [9.17, 15) is 4.79 Å². The van der Waals surface area contributed by atoms with E-state index in [1.807, 2.05) is 24.3 Å². The van der Waals surface area contributed by atoms with Gasteiger partial charge in [-0.05, 0) is 18.1 Å². The number of likely N-dealkylation sites (N-methyl/N-ethyl adjacent to an activating group) is 1. The van der Waals surface area contributed by atoms with Crippen molar-refractivity contribution in [2.24, 2.45) is 0 Å². The third kappa shape index (κ3) is 3.15.